The Bertz CT molecular complexity index is 545. The average molecular weight is 336 g/mol. The Morgan fingerprint density at radius 1 is 1.29 bits per heavy atom. The van der Waals surface area contributed by atoms with Gasteiger partial charge in [-0.1, -0.05) is 0 Å². The van der Waals surface area contributed by atoms with Crippen molar-refractivity contribution >= 4 is 0 Å². The molecule has 1 saturated heterocycles. The van der Waals surface area contributed by atoms with E-state index in [4.69, 9.17) is 9.47 Å². The third-order valence-electron chi connectivity index (χ3n) is 5.71. The normalized spacial score (nSPS) is 28.1. The fraction of sp³-hybridized carbons (Fsp3) is 0.833. The predicted octanol–water partition coefficient (Wildman–Crippen LogP) is 1.40. The summed E-state index contributed by atoms with van der Waals surface area (Å²) < 4.78 is 13.3. The Hall–Kier alpha value is -0.950. The number of hydrogen-bond acceptors (Lipinski definition) is 5. The van der Waals surface area contributed by atoms with E-state index in [0.717, 1.165) is 64.5 Å². The number of rotatable bonds is 7. The minimum atomic E-state index is 0.230. The van der Waals surface area contributed by atoms with Gasteiger partial charge in [-0.15, -0.1) is 0 Å². The van der Waals surface area contributed by atoms with E-state index in [2.05, 4.69) is 36.1 Å². The van der Waals surface area contributed by atoms with Crippen molar-refractivity contribution in [1.82, 2.24) is 20.0 Å². The van der Waals surface area contributed by atoms with Gasteiger partial charge in [0.2, 0.25) is 0 Å². The zero-order chi connectivity index (χ0) is 17.2. The van der Waals surface area contributed by atoms with Crippen LogP contribution in [0.2, 0.25) is 0 Å². The molecule has 2 aliphatic rings. The predicted molar refractivity (Wildman–Crippen MR) is 94.2 cm³/mol. The molecule has 136 valence electrons. The third kappa shape index (κ3) is 3.52. The Morgan fingerprint density at radius 2 is 2.00 bits per heavy atom. The van der Waals surface area contributed by atoms with Gasteiger partial charge in [0.05, 0.1) is 25.0 Å². The Labute approximate surface area is 145 Å². The summed E-state index contributed by atoms with van der Waals surface area (Å²) in [4.78, 5) is 2.61. The van der Waals surface area contributed by atoms with E-state index in [1.165, 1.54) is 11.3 Å². The van der Waals surface area contributed by atoms with Gasteiger partial charge in [0.25, 0.3) is 0 Å². The first kappa shape index (κ1) is 17.9. The van der Waals surface area contributed by atoms with E-state index in [1.54, 1.807) is 0 Å². The SMILES string of the molecule is CCOC1CC(CNCc2c(C)nn(C)c2C)(N2CCOCC2)C1. The van der Waals surface area contributed by atoms with Crippen molar-refractivity contribution in [1.29, 1.82) is 0 Å². The quantitative estimate of drug-likeness (QED) is 0.816. The second-order valence-corrected chi connectivity index (χ2v) is 7.19. The lowest BCUT2D eigenvalue weighted by Gasteiger charge is -2.55. The summed E-state index contributed by atoms with van der Waals surface area (Å²) in [6.07, 6.45) is 2.67. The van der Waals surface area contributed by atoms with E-state index >= 15 is 0 Å². The lowest BCUT2D eigenvalue weighted by Crippen LogP contribution is -2.66. The lowest BCUT2D eigenvalue weighted by atomic mass is 9.72. The maximum absolute atomic E-state index is 5.83. The molecular weight excluding hydrogens is 304 g/mol. The summed E-state index contributed by atoms with van der Waals surface area (Å²) in [5.41, 5.74) is 3.94. The molecule has 0 amide bonds. The van der Waals surface area contributed by atoms with Crippen molar-refractivity contribution in [3.8, 4) is 0 Å². The summed E-state index contributed by atoms with van der Waals surface area (Å²) in [5.74, 6) is 0. The number of morpholine rings is 1. The van der Waals surface area contributed by atoms with Crippen LogP contribution in [0.25, 0.3) is 0 Å². The maximum Gasteiger partial charge on any atom is 0.0641 e. The highest BCUT2D eigenvalue weighted by Crippen LogP contribution is 2.40. The van der Waals surface area contributed by atoms with Gasteiger partial charge in [-0.3, -0.25) is 9.58 Å². The van der Waals surface area contributed by atoms with Gasteiger partial charge in [-0.2, -0.15) is 5.10 Å². The van der Waals surface area contributed by atoms with Crippen LogP contribution in [0.15, 0.2) is 0 Å². The van der Waals surface area contributed by atoms with Crippen molar-refractivity contribution in [3.63, 3.8) is 0 Å². The molecule has 6 nitrogen and oxygen atoms in total. The highest BCUT2D eigenvalue weighted by atomic mass is 16.5. The molecule has 0 bridgehead atoms. The summed E-state index contributed by atoms with van der Waals surface area (Å²) >= 11 is 0. The molecule has 2 fully saturated rings. The maximum atomic E-state index is 5.83. The smallest absolute Gasteiger partial charge is 0.0641 e. The van der Waals surface area contributed by atoms with Crippen molar-refractivity contribution in [2.45, 2.75) is 51.8 Å². The van der Waals surface area contributed by atoms with E-state index in [9.17, 15) is 0 Å². The molecule has 0 atom stereocenters. The highest BCUT2D eigenvalue weighted by molar-refractivity contribution is 5.24. The van der Waals surface area contributed by atoms with Gasteiger partial charge < -0.3 is 14.8 Å². The second kappa shape index (κ2) is 7.52. The molecule has 2 heterocycles. The molecule has 0 radical (unpaired) electrons. The van der Waals surface area contributed by atoms with Crippen molar-refractivity contribution in [2.24, 2.45) is 7.05 Å². The van der Waals surface area contributed by atoms with E-state index in [-0.39, 0.29) is 5.54 Å². The van der Waals surface area contributed by atoms with Crippen LogP contribution in [0.5, 0.6) is 0 Å². The summed E-state index contributed by atoms with van der Waals surface area (Å²) in [5, 5.41) is 8.22. The summed E-state index contributed by atoms with van der Waals surface area (Å²) in [7, 11) is 2.01. The number of ether oxygens (including phenoxy) is 2. The lowest BCUT2D eigenvalue weighted by molar-refractivity contribution is -0.125. The highest BCUT2D eigenvalue weighted by Gasteiger charge is 2.48. The van der Waals surface area contributed by atoms with E-state index in [0.29, 0.717) is 6.10 Å². The minimum Gasteiger partial charge on any atom is -0.379 e. The summed E-state index contributed by atoms with van der Waals surface area (Å²) in [6, 6.07) is 0. The fourth-order valence-electron chi connectivity index (χ4n) is 4.19. The van der Waals surface area contributed by atoms with Gasteiger partial charge in [0.1, 0.15) is 0 Å². The zero-order valence-corrected chi connectivity index (χ0v) is 15.6. The number of aryl methyl sites for hydroxylation is 2. The van der Waals surface area contributed by atoms with Gasteiger partial charge in [0.15, 0.2) is 0 Å². The largest absolute Gasteiger partial charge is 0.379 e. The number of nitrogens with zero attached hydrogens (tertiary/aromatic N) is 3. The van der Waals surface area contributed by atoms with Crippen LogP contribution >= 0.6 is 0 Å². The Morgan fingerprint density at radius 3 is 2.58 bits per heavy atom. The van der Waals surface area contributed by atoms with E-state index in [1.807, 2.05) is 11.7 Å². The van der Waals surface area contributed by atoms with Crippen molar-refractivity contribution < 1.29 is 9.47 Å². The molecule has 1 aromatic rings. The standard InChI is InChI=1S/C18H32N4O2/c1-5-24-16-10-18(11-16,22-6-8-23-9-7-22)13-19-12-17-14(2)20-21(4)15(17)3/h16,19H,5-13H2,1-4H3. The molecule has 0 spiro atoms. The molecule has 6 heteroatoms. The first-order valence-electron chi connectivity index (χ1n) is 9.20. The van der Waals surface area contributed by atoms with Gasteiger partial charge in [-0.25, -0.2) is 0 Å². The van der Waals surface area contributed by atoms with Crippen LogP contribution in [0.4, 0.5) is 0 Å². The first-order chi connectivity index (χ1) is 11.6. The monoisotopic (exact) mass is 336 g/mol. The van der Waals surface area contributed by atoms with Gasteiger partial charge in [0, 0.05) is 56.6 Å². The van der Waals surface area contributed by atoms with Crippen LogP contribution in [0.1, 0.15) is 36.7 Å². The van der Waals surface area contributed by atoms with Crippen molar-refractivity contribution in [3.05, 3.63) is 17.0 Å². The van der Waals surface area contributed by atoms with Crippen LogP contribution in [-0.2, 0) is 23.1 Å². The first-order valence-corrected chi connectivity index (χ1v) is 9.20. The molecule has 24 heavy (non-hydrogen) atoms. The molecule has 0 aromatic carbocycles. The van der Waals surface area contributed by atoms with E-state index < -0.39 is 0 Å². The molecular formula is C18H32N4O2. The number of hydrogen-bond donors (Lipinski definition) is 1. The molecule has 1 saturated carbocycles. The number of nitrogens with one attached hydrogen (secondary N) is 1. The number of aromatic nitrogens is 2. The van der Waals surface area contributed by atoms with Crippen molar-refractivity contribution in [2.75, 3.05) is 39.5 Å². The molecule has 1 aliphatic carbocycles. The van der Waals surface area contributed by atoms with Gasteiger partial charge >= 0.3 is 0 Å². The minimum absolute atomic E-state index is 0.230. The molecule has 1 aliphatic heterocycles. The topological polar surface area (TPSA) is 51.5 Å². The molecule has 0 unspecified atom stereocenters. The molecule has 1 N–H and O–H groups in total. The van der Waals surface area contributed by atoms with Crippen LogP contribution in [0, 0.1) is 13.8 Å². The molecule has 3 rings (SSSR count). The Balaban J connectivity index is 1.60. The summed E-state index contributed by atoms with van der Waals surface area (Å²) in [6.45, 7) is 12.8. The second-order valence-electron chi connectivity index (χ2n) is 7.19. The average Bonchev–Trinajstić information content (AvgIpc) is 2.79. The van der Waals surface area contributed by atoms with Crippen LogP contribution in [0.3, 0.4) is 0 Å². The third-order valence-corrected chi connectivity index (χ3v) is 5.71. The van der Waals surface area contributed by atoms with Crippen LogP contribution < -0.4 is 5.32 Å². The van der Waals surface area contributed by atoms with Crippen LogP contribution in [-0.4, -0.2) is 65.8 Å². The Kier molecular flexibility index (Phi) is 5.59. The van der Waals surface area contributed by atoms with Gasteiger partial charge in [-0.05, 0) is 33.6 Å². The molecule has 1 aromatic heterocycles. The fourth-order valence-corrected chi connectivity index (χ4v) is 4.19. The zero-order valence-electron chi connectivity index (χ0n) is 15.6.